The van der Waals surface area contributed by atoms with E-state index in [1.807, 2.05) is 31.2 Å². The Morgan fingerprint density at radius 2 is 1.88 bits per heavy atom. The van der Waals surface area contributed by atoms with Crippen molar-refractivity contribution in [3.8, 4) is 0 Å². The number of hydrazone groups is 1. The predicted molar refractivity (Wildman–Crippen MR) is 71.3 cm³/mol. The molecule has 0 unspecified atom stereocenters. The number of carbonyl (C=O) groups is 1. The number of nitrogens with one attached hydrogen (secondary N) is 1. The highest BCUT2D eigenvalue weighted by Crippen LogP contribution is 2.04. The van der Waals surface area contributed by atoms with Crippen molar-refractivity contribution in [2.24, 2.45) is 5.10 Å². The summed E-state index contributed by atoms with van der Waals surface area (Å²) in [5, 5.41) is 4.05. The number of carbonyl (C=O) groups excluding carboxylic acids is 1. The van der Waals surface area contributed by atoms with Crippen LogP contribution >= 0.6 is 0 Å². The highest BCUT2D eigenvalue weighted by Gasteiger charge is 2.03. The maximum Gasteiger partial charge on any atom is 0.271 e. The summed E-state index contributed by atoms with van der Waals surface area (Å²) in [6, 6.07) is 7.60. The molecular weight excluding hydrogens is 212 g/mol. The number of hydrogen-bond donors (Lipinski definition) is 1. The lowest BCUT2D eigenvalue weighted by Crippen LogP contribution is -2.18. The van der Waals surface area contributed by atoms with E-state index in [-0.39, 0.29) is 5.91 Å². The minimum Gasteiger partial charge on any atom is -0.267 e. The third kappa shape index (κ3) is 4.39. The average molecular weight is 232 g/mol. The maximum absolute atomic E-state index is 11.7. The first kappa shape index (κ1) is 13.4. The van der Waals surface area contributed by atoms with E-state index in [0.29, 0.717) is 5.56 Å². The van der Waals surface area contributed by atoms with Crippen LogP contribution in [0.4, 0.5) is 0 Å². The van der Waals surface area contributed by atoms with Crippen molar-refractivity contribution in [1.29, 1.82) is 0 Å². The monoisotopic (exact) mass is 232 g/mol. The minimum atomic E-state index is -0.150. The second-order valence-electron chi connectivity index (χ2n) is 4.09. The molecule has 0 spiro atoms. The molecule has 3 heteroatoms. The summed E-state index contributed by atoms with van der Waals surface area (Å²) < 4.78 is 0. The summed E-state index contributed by atoms with van der Waals surface area (Å²) in [4.78, 5) is 11.7. The van der Waals surface area contributed by atoms with Crippen LogP contribution in [0.5, 0.6) is 0 Å². The molecule has 0 aromatic heterocycles. The zero-order chi connectivity index (χ0) is 12.7. The first-order valence-corrected chi connectivity index (χ1v) is 6.09. The summed E-state index contributed by atoms with van der Waals surface area (Å²) >= 11 is 0. The molecule has 0 bridgehead atoms. The van der Waals surface area contributed by atoms with E-state index in [2.05, 4.69) is 24.4 Å². The van der Waals surface area contributed by atoms with Crippen LogP contribution in [-0.2, 0) is 6.42 Å². The van der Waals surface area contributed by atoms with Gasteiger partial charge >= 0.3 is 0 Å². The third-order valence-corrected chi connectivity index (χ3v) is 2.58. The zero-order valence-corrected chi connectivity index (χ0v) is 10.8. The quantitative estimate of drug-likeness (QED) is 0.615. The second kappa shape index (κ2) is 6.84. The van der Waals surface area contributed by atoms with Gasteiger partial charge in [0.2, 0.25) is 0 Å². The standard InChI is InChI=1S/C14H20N2O/c1-4-6-11(3)15-16-14(17)13-9-7-12(5-2)8-10-13/h7-10H,4-6H2,1-3H3,(H,16,17)/b15-11-. The topological polar surface area (TPSA) is 41.5 Å². The Morgan fingerprint density at radius 1 is 1.24 bits per heavy atom. The Balaban J connectivity index is 2.60. The van der Waals surface area contributed by atoms with Gasteiger partial charge in [0.1, 0.15) is 0 Å². The van der Waals surface area contributed by atoms with Crippen molar-refractivity contribution in [3.63, 3.8) is 0 Å². The van der Waals surface area contributed by atoms with Gasteiger partial charge in [0, 0.05) is 11.3 Å². The SMILES string of the molecule is CCC/C(C)=N\NC(=O)c1ccc(CC)cc1. The Hall–Kier alpha value is -1.64. The lowest BCUT2D eigenvalue weighted by molar-refractivity contribution is 0.0954. The fraction of sp³-hybridized carbons (Fsp3) is 0.429. The molecule has 0 aliphatic heterocycles. The minimum absolute atomic E-state index is 0.150. The van der Waals surface area contributed by atoms with E-state index in [0.717, 1.165) is 25.0 Å². The number of rotatable bonds is 5. The summed E-state index contributed by atoms with van der Waals surface area (Å²) in [5.41, 5.74) is 5.40. The van der Waals surface area contributed by atoms with E-state index < -0.39 is 0 Å². The molecule has 0 radical (unpaired) electrons. The van der Waals surface area contributed by atoms with E-state index in [4.69, 9.17) is 0 Å². The smallest absolute Gasteiger partial charge is 0.267 e. The molecule has 0 aliphatic rings. The number of amides is 1. The van der Waals surface area contributed by atoms with Crippen LogP contribution in [0.2, 0.25) is 0 Å². The first-order valence-electron chi connectivity index (χ1n) is 6.09. The zero-order valence-electron chi connectivity index (χ0n) is 10.8. The Kier molecular flexibility index (Phi) is 5.40. The third-order valence-electron chi connectivity index (χ3n) is 2.58. The maximum atomic E-state index is 11.7. The summed E-state index contributed by atoms with van der Waals surface area (Å²) in [6.45, 7) is 6.10. The van der Waals surface area contributed by atoms with Gasteiger partial charge in [-0.2, -0.15) is 5.10 Å². The van der Waals surface area contributed by atoms with E-state index in [9.17, 15) is 4.79 Å². The Labute approximate surface area is 103 Å². The van der Waals surface area contributed by atoms with Crippen LogP contribution < -0.4 is 5.43 Å². The molecule has 1 aromatic rings. The van der Waals surface area contributed by atoms with Gasteiger partial charge in [-0.1, -0.05) is 32.4 Å². The van der Waals surface area contributed by atoms with Crippen molar-refractivity contribution in [1.82, 2.24) is 5.43 Å². The van der Waals surface area contributed by atoms with Crippen LogP contribution in [0.25, 0.3) is 0 Å². The van der Waals surface area contributed by atoms with Gasteiger partial charge in [0.15, 0.2) is 0 Å². The lowest BCUT2D eigenvalue weighted by Gasteiger charge is -2.03. The van der Waals surface area contributed by atoms with E-state index in [1.165, 1.54) is 5.56 Å². The number of aryl methyl sites for hydroxylation is 1. The molecule has 1 aromatic carbocycles. The fourth-order valence-electron chi connectivity index (χ4n) is 1.52. The van der Waals surface area contributed by atoms with Crippen LogP contribution in [0.1, 0.15) is 49.5 Å². The highest BCUT2D eigenvalue weighted by molar-refractivity contribution is 5.95. The fourth-order valence-corrected chi connectivity index (χ4v) is 1.52. The Bertz CT molecular complexity index is 393. The summed E-state index contributed by atoms with van der Waals surface area (Å²) in [7, 11) is 0. The van der Waals surface area contributed by atoms with Gasteiger partial charge in [-0.05, 0) is 37.5 Å². The molecule has 0 saturated carbocycles. The van der Waals surface area contributed by atoms with Crippen LogP contribution in [0.15, 0.2) is 29.4 Å². The molecule has 92 valence electrons. The summed E-state index contributed by atoms with van der Waals surface area (Å²) in [6.07, 6.45) is 2.93. The van der Waals surface area contributed by atoms with Crippen molar-refractivity contribution < 1.29 is 4.79 Å². The molecule has 1 N–H and O–H groups in total. The summed E-state index contributed by atoms with van der Waals surface area (Å²) in [5.74, 6) is -0.150. The average Bonchev–Trinajstić information content (AvgIpc) is 2.36. The van der Waals surface area contributed by atoms with Gasteiger partial charge in [-0.15, -0.1) is 0 Å². The van der Waals surface area contributed by atoms with Crippen LogP contribution in [0.3, 0.4) is 0 Å². The largest absolute Gasteiger partial charge is 0.271 e. The predicted octanol–water partition coefficient (Wildman–Crippen LogP) is 3.15. The van der Waals surface area contributed by atoms with Crippen LogP contribution in [-0.4, -0.2) is 11.6 Å². The Morgan fingerprint density at radius 3 is 2.41 bits per heavy atom. The van der Waals surface area contributed by atoms with Gasteiger partial charge in [0.05, 0.1) is 0 Å². The van der Waals surface area contributed by atoms with Crippen molar-refractivity contribution >= 4 is 11.6 Å². The molecule has 3 nitrogen and oxygen atoms in total. The number of hydrogen-bond acceptors (Lipinski definition) is 2. The molecule has 0 saturated heterocycles. The lowest BCUT2D eigenvalue weighted by atomic mass is 10.1. The van der Waals surface area contributed by atoms with Gasteiger partial charge in [0.25, 0.3) is 5.91 Å². The molecule has 1 rings (SSSR count). The molecule has 17 heavy (non-hydrogen) atoms. The molecular formula is C14H20N2O. The van der Waals surface area contributed by atoms with Crippen molar-refractivity contribution in [3.05, 3.63) is 35.4 Å². The number of benzene rings is 1. The first-order chi connectivity index (χ1) is 8.17. The van der Waals surface area contributed by atoms with Gasteiger partial charge in [-0.3, -0.25) is 4.79 Å². The van der Waals surface area contributed by atoms with Gasteiger partial charge < -0.3 is 0 Å². The van der Waals surface area contributed by atoms with Crippen molar-refractivity contribution in [2.45, 2.75) is 40.0 Å². The molecule has 0 heterocycles. The molecule has 1 amide bonds. The second-order valence-corrected chi connectivity index (χ2v) is 4.09. The highest BCUT2D eigenvalue weighted by atomic mass is 16.2. The normalized spacial score (nSPS) is 11.4. The molecule has 0 aliphatic carbocycles. The molecule has 0 atom stereocenters. The van der Waals surface area contributed by atoms with Crippen molar-refractivity contribution in [2.75, 3.05) is 0 Å². The van der Waals surface area contributed by atoms with E-state index in [1.54, 1.807) is 0 Å². The van der Waals surface area contributed by atoms with Crippen LogP contribution in [0, 0.1) is 0 Å². The van der Waals surface area contributed by atoms with Gasteiger partial charge in [-0.25, -0.2) is 5.43 Å². The number of nitrogens with zero attached hydrogens (tertiary/aromatic N) is 1. The van der Waals surface area contributed by atoms with E-state index >= 15 is 0 Å². The molecule has 0 fully saturated rings.